The van der Waals surface area contributed by atoms with Gasteiger partial charge in [-0.15, -0.1) is 0 Å². The van der Waals surface area contributed by atoms with Crippen molar-refractivity contribution < 1.29 is 0 Å². The molecule has 0 aromatic rings. The third-order valence-corrected chi connectivity index (χ3v) is 4.96. The highest BCUT2D eigenvalue weighted by molar-refractivity contribution is 4.83. The third kappa shape index (κ3) is 6.27. The van der Waals surface area contributed by atoms with Gasteiger partial charge in [-0.05, 0) is 64.1 Å². The molecule has 0 spiro atoms. The van der Waals surface area contributed by atoms with Crippen LogP contribution in [0.25, 0.3) is 0 Å². The first-order valence-corrected chi connectivity index (χ1v) is 8.55. The Morgan fingerprint density at radius 2 is 1.84 bits per heavy atom. The van der Waals surface area contributed by atoms with Gasteiger partial charge in [-0.1, -0.05) is 34.1 Å². The average molecular weight is 268 g/mol. The molecule has 1 aliphatic rings. The summed E-state index contributed by atoms with van der Waals surface area (Å²) in [7, 11) is 0. The molecule has 4 atom stereocenters. The van der Waals surface area contributed by atoms with E-state index in [2.05, 4.69) is 44.8 Å². The van der Waals surface area contributed by atoms with Gasteiger partial charge in [0.2, 0.25) is 0 Å². The largest absolute Gasteiger partial charge is 0.311 e. The molecule has 0 amide bonds. The molecule has 1 N–H and O–H groups in total. The van der Waals surface area contributed by atoms with Gasteiger partial charge in [0.1, 0.15) is 0 Å². The fourth-order valence-electron chi connectivity index (χ4n) is 3.37. The van der Waals surface area contributed by atoms with Gasteiger partial charge in [-0.25, -0.2) is 0 Å². The van der Waals surface area contributed by atoms with Crippen LogP contribution in [0.1, 0.15) is 66.7 Å². The molecule has 2 nitrogen and oxygen atoms in total. The molecule has 1 saturated carbocycles. The minimum atomic E-state index is 0.674. The average Bonchev–Trinajstić information content (AvgIpc) is 2.39. The van der Waals surface area contributed by atoms with Crippen molar-refractivity contribution in [2.75, 3.05) is 19.6 Å². The topological polar surface area (TPSA) is 15.3 Å². The molecular weight excluding hydrogens is 232 g/mol. The lowest BCUT2D eigenvalue weighted by Crippen LogP contribution is -2.44. The van der Waals surface area contributed by atoms with Gasteiger partial charge >= 0.3 is 0 Å². The fraction of sp³-hybridized carbons (Fsp3) is 1.00. The van der Waals surface area contributed by atoms with Crippen molar-refractivity contribution >= 4 is 0 Å². The van der Waals surface area contributed by atoms with Crippen molar-refractivity contribution in [3.63, 3.8) is 0 Å². The van der Waals surface area contributed by atoms with Crippen LogP contribution in [-0.2, 0) is 0 Å². The van der Waals surface area contributed by atoms with Crippen LogP contribution < -0.4 is 5.32 Å². The van der Waals surface area contributed by atoms with Crippen LogP contribution >= 0.6 is 0 Å². The minimum Gasteiger partial charge on any atom is -0.311 e. The summed E-state index contributed by atoms with van der Waals surface area (Å²) in [4.78, 5) is 2.53. The summed E-state index contributed by atoms with van der Waals surface area (Å²) in [5, 5.41) is 3.89. The highest BCUT2D eigenvalue weighted by atomic mass is 15.1. The zero-order valence-electron chi connectivity index (χ0n) is 13.9. The molecule has 2 heteroatoms. The van der Waals surface area contributed by atoms with E-state index in [1.807, 2.05) is 0 Å². The van der Waals surface area contributed by atoms with Gasteiger partial charge in [0, 0.05) is 12.1 Å². The fourth-order valence-corrected chi connectivity index (χ4v) is 3.37. The third-order valence-electron chi connectivity index (χ3n) is 4.96. The zero-order valence-corrected chi connectivity index (χ0v) is 13.9. The van der Waals surface area contributed by atoms with Crippen molar-refractivity contribution in [1.82, 2.24) is 10.2 Å². The molecule has 1 rings (SSSR count). The number of rotatable bonds is 8. The summed E-state index contributed by atoms with van der Waals surface area (Å²) in [5.41, 5.74) is 0. The summed E-state index contributed by atoms with van der Waals surface area (Å²) in [6, 6.07) is 1.43. The molecule has 0 aliphatic heterocycles. The van der Waals surface area contributed by atoms with Crippen molar-refractivity contribution in [2.45, 2.75) is 78.8 Å². The van der Waals surface area contributed by atoms with Gasteiger partial charge in [-0.3, -0.25) is 0 Å². The number of nitrogens with zero attached hydrogens (tertiary/aromatic N) is 1. The second kappa shape index (κ2) is 8.97. The van der Waals surface area contributed by atoms with E-state index in [-0.39, 0.29) is 0 Å². The Hall–Kier alpha value is -0.0800. The van der Waals surface area contributed by atoms with Crippen molar-refractivity contribution in [1.29, 1.82) is 0 Å². The smallest absolute Gasteiger partial charge is 0.00977 e. The van der Waals surface area contributed by atoms with Gasteiger partial charge in [0.25, 0.3) is 0 Å². The van der Waals surface area contributed by atoms with E-state index >= 15 is 0 Å². The maximum Gasteiger partial charge on any atom is 0.00977 e. The number of hydrogen-bond donors (Lipinski definition) is 1. The van der Waals surface area contributed by atoms with Gasteiger partial charge in [0.15, 0.2) is 0 Å². The Labute approximate surface area is 121 Å². The Kier molecular flexibility index (Phi) is 8.01. The summed E-state index contributed by atoms with van der Waals surface area (Å²) in [5.74, 6) is 1.78. The van der Waals surface area contributed by atoms with Crippen LogP contribution in [0.5, 0.6) is 0 Å². The molecule has 1 fully saturated rings. The van der Waals surface area contributed by atoms with Crippen molar-refractivity contribution in [3.8, 4) is 0 Å². The first-order chi connectivity index (χ1) is 9.06. The van der Waals surface area contributed by atoms with Crippen LogP contribution in [0.15, 0.2) is 0 Å². The standard InChI is InChI=1S/C17H36N2/c1-6-19(7-2)12-8-9-16(5)18-17-13-14(3)10-11-15(17)4/h14-18H,6-13H2,1-5H3. The first-order valence-electron chi connectivity index (χ1n) is 8.55. The van der Waals surface area contributed by atoms with Crippen LogP contribution in [0.3, 0.4) is 0 Å². The van der Waals surface area contributed by atoms with E-state index in [4.69, 9.17) is 0 Å². The van der Waals surface area contributed by atoms with E-state index in [9.17, 15) is 0 Å². The van der Waals surface area contributed by atoms with Gasteiger partial charge < -0.3 is 10.2 Å². The highest BCUT2D eigenvalue weighted by Gasteiger charge is 2.26. The van der Waals surface area contributed by atoms with Gasteiger partial charge in [0.05, 0.1) is 0 Å². The molecule has 0 heterocycles. The highest BCUT2D eigenvalue weighted by Crippen LogP contribution is 2.28. The monoisotopic (exact) mass is 268 g/mol. The SMILES string of the molecule is CCN(CC)CCCC(C)NC1CC(C)CCC1C. The summed E-state index contributed by atoms with van der Waals surface area (Å²) in [6.45, 7) is 15.4. The number of nitrogens with one attached hydrogen (secondary N) is 1. The normalized spacial score (nSPS) is 29.7. The van der Waals surface area contributed by atoms with E-state index in [1.54, 1.807) is 0 Å². The lowest BCUT2D eigenvalue weighted by Gasteiger charge is -2.35. The predicted octanol–water partition coefficient (Wildman–Crippen LogP) is 3.91. The molecule has 4 unspecified atom stereocenters. The lowest BCUT2D eigenvalue weighted by molar-refractivity contribution is 0.209. The second-order valence-electron chi connectivity index (χ2n) is 6.74. The summed E-state index contributed by atoms with van der Waals surface area (Å²) >= 11 is 0. The van der Waals surface area contributed by atoms with Crippen molar-refractivity contribution in [3.05, 3.63) is 0 Å². The van der Waals surface area contributed by atoms with Crippen molar-refractivity contribution in [2.24, 2.45) is 11.8 Å². The Morgan fingerprint density at radius 1 is 1.16 bits per heavy atom. The summed E-state index contributed by atoms with van der Waals surface area (Å²) in [6.07, 6.45) is 6.85. The molecule has 0 radical (unpaired) electrons. The molecule has 0 aromatic heterocycles. The molecule has 19 heavy (non-hydrogen) atoms. The lowest BCUT2D eigenvalue weighted by atomic mass is 9.79. The maximum atomic E-state index is 3.89. The molecule has 114 valence electrons. The Bertz CT molecular complexity index is 225. The number of hydrogen-bond acceptors (Lipinski definition) is 2. The Morgan fingerprint density at radius 3 is 2.47 bits per heavy atom. The second-order valence-corrected chi connectivity index (χ2v) is 6.74. The van der Waals surface area contributed by atoms with Crippen LogP contribution in [0, 0.1) is 11.8 Å². The molecule has 0 aromatic carbocycles. The van der Waals surface area contributed by atoms with E-state index in [0.29, 0.717) is 6.04 Å². The molecule has 0 bridgehead atoms. The van der Waals surface area contributed by atoms with E-state index in [0.717, 1.165) is 17.9 Å². The predicted molar refractivity (Wildman–Crippen MR) is 85.6 cm³/mol. The van der Waals surface area contributed by atoms with Gasteiger partial charge in [-0.2, -0.15) is 0 Å². The van der Waals surface area contributed by atoms with E-state index < -0.39 is 0 Å². The van der Waals surface area contributed by atoms with Crippen LogP contribution in [0.2, 0.25) is 0 Å². The Balaban J connectivity index is 2.20. The molecule has 1 aliphatic carbocycles. The molecular formula is C17H36N2. The maximum absolute atomic E-state index is 3.89. The zero-order chi connectivity index (χ0) is 14.3. The minimum absolute atomic E-state index is 0.674. The quantitative estimate of drug-likeness (QED) is 0.718. The van der Waals surface area contributed by atoms with E-state index in [1.165, 1.54) is 51.7 Å². The van der Waals surface area contributed by atoms with Crippen LogP contribution in [-0.4, -0.2) is 36.6 Å². The van der Waals surface area contributed by atoms with Crippen LogP contribution in [0.4, 0.5) is 0 Å². The first kappa shape index (κ1) is 17.0. The summed E-state index contributed by atoms with van der Waals surface area (Å²) < 4.78 is 0. The molecule has 0 saturated heterocycles.